The summed E-state index contributed by atoms with van der Waals surface area (Å²) in [6.07, 6.45) is 0.185. The van der Waals surface area contributed by atoms with Crippen LogP contribution in [0.25, 0.3) is 0 Å². The average Bonchev–Trinajstić information content (AvgIpc) is 2.85. The molecule has 1 fully saturated rings. The number of hydrogen-bond donors (Lipinski definition) is 0. The van der Waals surface area contributed by atoms with Gasteiger partial charge >= 0.3 is 0 Å². The van der Waals surface area contributed by atoms with Gasteiger partial charge in [0.15, 0.2) is 0 Å². The molecule has 1 aliphatic heterocycles. The van der Waals surface area contributed by atoms with Gasteiger partial charge in [-0.1, -0.05) is 6.07 Å². The smallest absolute Gasteiger partial charge is 0.126 e. The lowest BCUT2D eigenvalue weighted by atomic mass is 10.3. The molecule has 0 bridgehead atoms. The standard InChI is InChI=1S/C10H11FO2/c1-7(10-6-12-10)13-9-4-2-3-8(11)5-9/h2-5,7,10H,6H2,1H3. The Hall–Kier alpha value is -1.09. The molecule has 2 atom stereocenters. The van der Waals surface area contributed by atoms with E-state index in [0.717, 1.165) is 6.61 Å². The number of hydrogen-bond acceptors (Lipinski definition) is 2. The van der Waals surface area contributed by atoms with Crippen molar-refractivity contribution >= 4 is 0 Å². The first-order valence-corrected chi connectivity index (χ1v) is 4.29. The van der Waals surface area contributed by atoms with E-state index in [4.69, 9.17) is 9.47 Å². The highest BCUT2D eigenvalue weighted by atomic mass is 19.1. The van der Waals surface area contributed by atoms with Crippen LogP contribution in [-0.2, 0) is 4.74 Å². The first kappa shape index (κ1) is 8.51. The number of epoxide rings is 1. The average molecular weight is 182 g/mol. The monoisotopic (exact) mass is 182 g/mol. The lowest BCUT2D eigenvalue weighted by molar-refractivity contribution is 0.176. The molecule has 0 N–H and O–H groups in total. The minimum absolute atomic E-state index is 0.00167. The molecule has 1 heterocycles. The molecule has 0 amide bonds. The molecular weight excluding hydrogens is 171 g/mol. The molecule has 2 nitrogen and oxygen atoms in total. The number of rotatable bonds is 3. The summed E-state index contributed by atoms with van der Waals surface area (Å²) in [7, 11) is 0. The summed E-state index contributed by atoms with van der Waals surface area (Å²) in [6, 6.07) is 6.14. The van der Waals surface area contributed by atoms with Crippen molar-refractivity contribution in [2.75, 3.05) is 6.61 Å². The lowest BCUT2D eigenvalue weighted by Crippen LogP contribution is -2.18. The van der Waals surface area contributed by atoms with E-state index in [-0.39, 0.29) is 18.0 Å². The van der Waals surface area contributed by atoms with Crippen LogP contribution in [0.1, 0.15) is 6.92 Å². The Morgan fingerprint density at radius 3 is 3.00 bits per heavy atom. The third-order valence-corrected chi connectivity index (χ3v) is 2.00. The van der Waals surface area contributed by atoms with Crippen LogP contribution in [0.3, 0.4) is 0 Å². The van der Waals surface area contributed by atoms with Crippen molar-refractivity contribution in [2.24, 2.45) is 0 Å². The van der Waals surface area contributed by atoms with E-state index in [1.807, 2.05) is 6.92 Å². The van der Waals surface area contributed by atoms with Gasteiger partial charge in [0.05, 0.1) is 6.61 Å². The predicted octanol–water partition coefficient (Wildman–Crippen LogP) is 1.99. The van der Waals surface area contributed by atoms with Crippen LogP contribution < -0.4 is 4.74 Å². The van der Waals surface area contributed by atoms with Crippen molar-refractivity contribution in [3.8, 4) is 5.75 Å². The van der Waals surface area contributed by atoms with Crippen molar-refractivity contribution in [1.82, 2.24) is 0 Å². The first-order chi connectivity index (χ1) is 6.25. The molecule has 1 aromatic carbocycles. The maximum atomic E-state index is 12.7. The van der Waals surface area contributed by atoms with E-state index >= 15 is 0 Å². The second kappa shape index (κ2) is 3.34. The van der Waals surface area contributed by atoms with Gasteiger partial charge in [-0.25, -0.2) is 4.39 Å². The number of ether oxygens (including phenoxy) is 2. The number of benzene rings is 1. The Labute approximate surface area is 76.3 Å². The predicted molar refractivity (Wildman–Crippen MR) is 46.2 cm³/mol. The van der Waals surface area contributed by atoms with Gasteiger partial charge in [0.1, 0.15) is 23.8 Å². The molecule has 13 heavy (non-hydrogen) atoms. The van der Waals surface area contributed by atoms with E-state index in [9.17, 15) is 4.39 Å². The van der Waals surface area contributed by atoms with E-state index in [2.05, 4.69) is 0 Å². The van der Waals surface area contributed by atoms with Crippen molar-refractivity contribution in [1.29, 1.82) is 0 Å². The van der Waals surface area contributed by atoms with E-state index < -0.39 is 0 Å². The Morgan fingerprint density at radius 2 is 2.38 bits per heavy atom. The minimum Gasteiger partial charge on any atom is -0.488 e. The van der Waals surface area contributed by atoms with E-state index in [0.29, 0.717) is 5.75 Å². The van der Waals surface area contributed by atoms with Crippen molar-refractivity contribution in [2.45, 2.75) is 19.1 Å². The molecule has 0 aliphatic carbocycles. The van der Waals surface area contributed by atoms with Crippen LogP contribution in [0, 0.1) is 5.82 Å². The largest absolute Gasteiger partial charge is 0.488 e. The molecule has 0 aromatic heterocycles. The van der Waals surface area contributed by atoms with Gasteiger partial charge in [-0.2, -0.15) is 0 Å². The fourth-order valence-electron chi connectivity index (χ4n) is 1.16. The highest BCUT2D eigenvalue weighted by molar-refractivity contribution is 5.22. The molecule has 70 valence electrons. The molecule has 2 unspecified atom stereocenters. The quantitative estimate of drug-likeness (QED) is 0.667. The van der Waals surface area contributed by atoms with Crippen LogP contribution in [0.15, 0.2) is 24.3 Å². The third-order valence-electron chi connectivity index (χ3n) is 2.00. The Morgan fingerprint density at radius 1 is 1.62 bits per heavy atom. The highest BCUT2D eigenvalue weighted by Gasteiger charge is 2.30. The summed E-state index contributed by atoms with van der Waals surface area (Å²) in [5.41, 5.74) is 0. The van der Waals surface area contributed by atoms with Gasteiger partial charge in [-0.05, 0) is 19.1 Å². The van der Waals surface area contributed by atoms with Crippen molar-refractivity contribution < 1.29 is 13.9 Å². The molecule has 1 saturated heterocycles. The van der Waals surface area contributed by atoms with Gasteiger partial charge in [0.25, 0.3) is 0 Å². The zero-order valence-corrected chi connectivity index (χ0v) is 7.37. The first-order valence-electron chi connectivity index (χ1n) is 4.29. The van der Waals surface area contributed by atoms with Crippen LogP contribution >= 0.6 is 0 Å². The fraction of sp³-hybridized carbons (Fsp3) is 0.400. The summed E-state index contributed by atoms with van der Waals surface area (Å²) in [5, 5.41) is 0. The second-order valence-electron chi connectivity index (χ2n) is 3.15. The summed E-state index contributed by atoms with van der Waals surface area (Å²) in [5.74, 6) is 0.282. The molecule has 0 radical (unpaired) electrons. The SMILES string of the molecule is CC(Oc1cccc(F)c1)C1CO1. The summed E-state index contributed by atoms with van der Waals surface area (Å²) in [4.78, 5) is 0. The Balaban J connectivity index is 2.00. The van der Waals surface area contributed by atoms with Crippen LogP contribution in [0.5, 0.6) is 5.75 Å². The van der Waals surface area contributed by atoms with Crippen LogP contribution in [-0.4, -0.2) is 18.8 Å². The summed E-state index contributed by atoms with van der Waals surface area (Å²) >= 11 is 0. The second-order valence-corrected chi connectivity index (χ2v) is 3.15. The molecular formula is C10H11FO2. The van der Waals surface area contributed by atoms with Crippen LogP contribution in [0.2, 0.25) is 0 Å². The zero-order valence-electron chi connectivity index (χ0n) is 7.37. The van der Waals surface area contributed by atoms with Gasteiger partial charge in [-0.3, -0.25) is 0 Å². The molecule has 0 saturated carbocycles. The van der Waals surface area contributed by atoms with Crippen LogP contribution in [0.4, 0.5) is 4.39 Å². The van der Waals surface area contributed by atoms with Gasteiger partial charge in [-0.15, -0.1) is 0 Å². The summed E-state index contributed by atoms with van der Waals surface area (Å²) < 4.78 is 23.2. The Bertz CT molecular complexity index is 297. The number of halogens is 1. The maximum Gasteiger partial charge on any atom is 0.126 e. The molecule has 1 aliphatic rings. The lowest BCUT2D eigenvalue weighted by Gasteiger charge is -2.11. The zero-order chi connectivity index (χ0) is 9.26. The van der Waals surface area contributed by atoms with E-state index in [1.165, 1.54) is 12.1 Å². The molecule has 1 aromatic rings. The van der Waals surface area contributed by atoms with Gasteiger partial charge in [0.2, 0.25) is 0 Å². The topological polar surface area (TPSA) is 21.8 Å². The molecule has 2 rings (SSSR count). The molecule has 3 heteroatoms. The van der Waals surface area contributed by atoms with E-state index in [1.54, 1.807) is 12.1 Å². The normalized spacial score (nSPS) is 22.5. The third kappa shape index (κ3) is 2.18. The summed E-state index contributed by atoms with van der Waals surface area (Å²) in [6.45, 7) is 2.67. The highest BCUT2D eigenvalue weighted by Crippen LogP contribution is 2.20. The fourth-order valence-corrected chi connectivity index (χ4v) is 1.16. The van der Waals surface area contributed by atoms with Crippen molar-refractivity contribution in [3.63, 3.8) is 0 Å². The Kier molecular flexibility index (Phi) is 2.19. The van der Waals surface area contributed by atoms with Crippen molar-refractivity contribution in [3.05, 3.63) is 30.1 Å². The van der Waals surface area contributed by atoms with Gasteiger partial charge < -0.3 is 9.47 Å². The minimum atomic E-state index is -0.276. The maximum absolute atomic E-state index is 12.7. The van der Waals surface area contributed by atoms with Gasteiger partial charge in [0, 0.05) is 6.07 Å². The molecule has 0 spiro atoms.